The number of hydrogen-bond acceptors (Lipinski definition) is 17. The highest BCUT2D eigenvalue weighted by Crippen LogP contribution is 2.51. The fraction of sp³-hybridized carbons (Fsp3) is 0.615. The normalized spacial score (nSPS) is 26.2. The summed E-state index contributed by atoms with van der Waals surface area (Å²) in [7, 11) is -8.30. The smallest absolute Gasteiger partial charge is 0.469 e. The molecule has 0 radical (unpaired) electrons. The van der Waals surface area contributed by atoms with Crippen molar-refractivity contribution >= 4 is 44.5 Å². The Morgan fingerprint density at radius 2 is 1.85 bits per heavy atom. The van der Waals surface area contributed by atoms with Crippen LogP contribution < -0.4 is 27.7 Å². The van der Waals surface area contributed by atoms with Gasteiger partial charge < -0.3 is 45.7 Å². The van der Waals surface area contributed by atoms with Crippen LogP contribution in [0.25, 0.3) is 11.2 Å². The molecule has 5 heterocycles. The highest BCUT2D eigenvalue weighted by atomic mass is 31.2. The molecule has 0 saturated carbocycles. The van der Waals surface area contributed by atoms with Crippen molar-refractivity contribution in [2.75, 3.05) is 38.3 Å². The number of rotatable bonds is 18. The zero-order valence-corrected chi connectivity index (χ0v) is 29.3. The van der Waals surface area contributed by atoms with E-state index in [1.165, 1.54) is 24.2 Å². The van der Waals surface area contributed by atoms with Gasteiger partial charge in [-0.15, -0.1) is 0 Å². The number of anilines is 2. The Labute approximate surface area is 293 Å². The van der Waals surface area contributed by atoms with Crippen molar-refractivity contribution in [3.05, 3.63) is 39.4 Å². The lowest BCUT2D eigenvalue weighted by Crippen LogP contribution is -2.39. The molecular formula is C26H39N9O15P2. The number of nitrogen functional groups attached to an aromatic ring is 2. The molecule has 1 unspecified atom stereocenters. The highest BCUT2D eigenvalue weighted by Gasteiger charge is 2.51. The van der Waals surface area contributed by atoms with Crippen LogP contribution in [0.2, 0.25) is 0 Å². The number of H-pyrrole nitrogens is 1. The fourth-order valence-electron chi connectivity index (χ4n) is 5.72. The molecule has 52 heavy (non-hydrogen) atoms. The van der Waals surface area contributed by atoms with Crippen LogP contribution in [0.3, 0.4) is 0 Å². The molecule has 0 aliphatic carbocycles. The topological polar surface area (TPSA) is 350 Å². The Morgan fingerprint density at radius 1 is 1.08 bits per heavy atom. The van der Waals surface area contributed by atoms with Gasteiger partial charge in [-0.2, -0.15) is 4.98 Å². The van der Waals surface area contributed by atoms with Crippen LogP contribution in [-0.4, -0.2) is 112 Å². The van der Waals surface area contributed by atoms with E-state index >= 15 is 0 Å². The summed E-state index contributed by atoms with van der Waals surface area (Å²) in [5.74, 6) is -1.22. The monoisotopic (exact) mass is 779 g/mol. The van der Waals surface area contributed by atoms with Crippen LogP contribution in [0, 0.1) is 0 Å². The Bertz CT molecular complexity index is 1940. The zero-order chi connectivity index (χ0) is 37.8. The molecule has 2 aliphatic rings. The summed E-state index contributed by atoms with van der Waals surface area (Å²) >= 11 is 0. The number of nitrogens with zero attached hydrogens (tertiary/aromatic N) is 5. The lowest BCUT2D eigenvalue weighted by molar-refractivity contribution is -0.137. The number of imidazole rings is 1. The number of carbonyl (C=O) groups is 1. The zero-order valence-electron chi connectivity index (χ0n) is 27.5. The van der Waals surface area contributed by atoms with Gasteiger partial charge in [-0.05, 0) is 12.8 Å². The van der Waals surface area contributed by atoms with Crippen LogP contribution >= 0.6 is 15.6 Å². The molecule has 3 aromatic heterocycles. The molecule has 0 aromatic carbocycles. The molecule has 2 aliphatic heterocycles. The second kappa shape index (κ2) is 16.6. The first kappa shape index (κ1) is 39.6. The number of nitrogens with two attached hydrogens (primary N) is 2. The van der Waals surface area contributed by atoms with Crippen molar-refractivity contribution in [2.45, 2.75) is 75.1 Å². The number of hydrogen-bond donors (Lipinski definition) is 8. The Morgan fingerprint density at radius 3 is 2.56 bits per heavy atom. The van der Waals surface area contributed by atoms with Gasteiger partial charge in [0.1, 0.15) is 30.2 Å². The first-order valence-corrected chi connectivity index (χ1v) is 18.8. The van der Waals surface area contributed by atoms with Crippen LogP contribution in [0.4, 0.5) is 11.8 Å². The van der Waals surface area contributed by atoms with Gasteiger partial charge in [-0.3, -0.25) is 42.1 Å². The van der Waals surface area contributed by atoms with Gasteiger partial charge in [-0.1, -0.05) is 6.42 Å². The summed E-state index contributed by atoms with van der Waals surface area (Å²) in [4.78, 5) is 68.8. The summed E-state index contributed by atoms with van der Waals surface area (Å²) in [5, 5.41) is 22.3. The molecule has 5 rings (SSSR count). The maximum absolute atomic E-state index is 14.5. The molecule has 0 amide bonds. The number of aromatic nitrogens is 6. The van der Waals surface area contributed by atoms with Crippen LogP contribution in [0.1, 0.15) is 44.6 Å². The average Bonchev–Trinajstić information content (AvgIpc) is 3.76. The summed E-state index contributed by atoms with van der Waals surface area (Å²) in [6.45, 7) is -1.26. The third-order valence-electron chi connectivity index (χ3n) is 8.04. The standard InChI is InChI=1S/C26H39N9O15P2/c1-45-21-20(15(11-47-52(42,43)44)49-25(21)35-12-30-19-22(35)32-26(28)33-23(19)40)50-51(41,31-6-4-2-3-5-18(38)39)46-10-13-7-14(36)24(48-13)34-9-16(27)29-8-17(34)37/h8-9,12-15,20-21,24-25,36H,2-7,10-11,27H2,1H3,(H,31,41)(H,38,39)(H2,42,43,44)(H3,28,32,33,40)/t13-,14+,15+,20+,21+,24+,25+,51?/m0/s1. The predicted molar refractivity (Wildman–Crippen MR) is 175 cm³/mol. The van der Waals surface area contributed by atoms with Crippen LogP contribution in [0.5, 0.6) is 0 Å². The minimum absolute atomic E-state index is 0.00244. The van der Waals surface area contributed by atoms with Gasteiger partial charge in [0.25, 0.3) is 11.1 Å². The minimum Gasteiger partial charge on any atom is -0.481 e. The number of aliphatic hydroxyl groups is 1. The third-order valence-corrected chi connectivity index (χ3v) is 10.1. The van der Waals surface area contributed by atoms with Gasteiger partial charge in [0.15, 0.2) is 23.6 Å². The minimum atomic E-state index is -5.07. The number of phosphoric ester groups is 1. The number of aliphatic hydroxyl groups excluding tert-OH is 1. The molecule has 2 fully saturated rings. The number of fused-ring (bicyclic) bond motifs is 1. The van der Waals surface area contributed by atoms with E-state index in [-0.39, 0.29) is 42.3 Å². The van der Waals surface area contributed by atoms with Gasteiger partial charge >= 0.3 is 21.5 Å². The number of nitrogens with one attached hydrogen (secondary N) is 2. The van der Waals surface area contributed by atoms with Gasteiger partial charge in [0.05, 0.1) is 38.0 Å². The van der Waals surface area contributed by atoms with E-state index in [0.29, 0.717) is 19.3 Å². The maximum Gasteiger partial charge on any atom is 0.469 e. The number of phosphoric acid groups is 1. The molecule has 24 nitrogen and oxygen atoms in total. The number of carboxylic acids is 1. The van der Waals surface area contributed by atoms with Crippen molar-refractivity contribution in [1.29, 1.82) is 0 Å². The molecular weight excluding hydrogens is 740 g/mol. The van der Waals surface area contributed by atoms with E-state index in [2.05, 4.69) is 25.0 Å². The van der Waals surface area contributed by atoms with Crippen molar-refractivity contribution < 1.29 is 61.7 Å². The number of unbranched alkanes of at least 4 members (excludes halogenated alkanes) is 2. The summed E-state index contributed by atoms with van der Waals surface area (Å²) in [5.41, 5.74) is 10.0. The summed E-state index contributed by atoms with van der Waals surface area (Å²) in [6, 6.07) is 0. The van der Waals surface area contributed by atoms with Crippen molar-refractivity contribution in [3.8, 4) is 0 Å². The first-order valence-electron chi connectivity index (χ1n) is 15.7. The molecule has 8 atom stereocenters. The number of aromatic amines is 1. The van der Waals surface area contributed by atoms with Crippen LogP contribution in [0.15, 0.2) is 28.3 Å². The van der Waals surface area contributed by atoms with Crippen molar-refractivity contribution in [1.82, 2.24) is 34.2 Å². The van der Waals surface area contributed by atoms with E-state index in [0.717, 1.165) is 10.8 Å². The van der Waals surface area contributed by atoms with E-state index < -0.39 is 88.8 Å². The summed E-state index contributed by atoms with van der Waals surface area (Å²) < 4.78 is 62.6. The predicted octanol–water partition coefficient (Wildman–Crippen LogP) is -1.04. The lowest BCUT2D eigenvalue weighted by Gasteiger charge is -2.28. The van der Waals surface area contributed by atoms with Crippen molar-refractivity contribution in [2.24, 2.45) is 0 Å². The van der Waals surface area contributed by atoms with E-state index in [9.17, 15) is 38.4 Å². The van der Waals surface area contributed by atoms with Gasteiger partial charge in [-0.25, -0.2) is 24.2 Å². The van der Waals surface area contributed by atoms with E-state index in [1.54, 1.807) is 0 Å². The second-order valence-electron chi connectivity index (χ2n) is 11.8. The largest absolute Gasteiger partial charge is 0.481 e. The quantitative estimate of drug-likeness (QED) is 0.0564. The van der Waals surface area contributed by atoms with Gasteiger partial charge in [0, 0.05) is 26.5 Å². The van der Waals surface area contributed by atoms with Crippen molar-refractivity contribution in [3.63, 3.8) is 0 Å². The molecule has 0 bridgehead atoms. The first-order chi connectivity index (χ1) is 24.6. The van der Waals surface area contributed by atoms with Crippen LogP contribution in [-0.2, 0) is 41.7 Å². The Hall–Kier alpha value is -3.64. The molecule has 10 N–H and O–H groups in total. The Balaban J connectivity index is 1.40. The number of ether oxygens (including phenoxy) is 3. The highest BCUT2D eigenvalue weighted by molar-refractivity contribution is 7.51. The fourth-order valence-corrected chi connectivity index (χ4v) is 7.65. The van der Waals surface area contributed by atoms with E-state index in [1.807, 2.05) is 0 Å². The van der Waals surface area contributed by atoms with Gasteiger partial charge in [0.2, 0.25) is 5.95 Å². The number of aliphatic carboxylic acids is 1. The lowest BCUT2D eigenvalue weighted by atomic mass is 10.1. The molecule has 288 valence electrons. The SMILES string of the molecule is CO[C@@H]1[C@H](OP(=O)(NCCCCCC(=O)O)OC[C@@H]2C[C@@H](O)[C@H](n3cc(N)ncc3=O)O2)[C@@H](COP(=O)(O)O)O[C@H]1n1cnc2c(=O)[nH]c(N)nc21. The number of methoxy groups -OCH3 is 1. The second-order valence-corrected chi connectivity index (χ2v) is 14.8. The third kappa shape index (κ3) is 9.66. The van der Waals surface area contributed by atoms with E-state index in [4.69, 9.17) is 44.4 Å². The maximum atomic E-state index is 14.5. The molecule has 0 spiro atoms. The molecule has 26 heteroatoms. The molecule has 3 aromatic rings. The molecule has 2 saturated heterocycles. The summed E-state index contributed by atoms with van der Waals surface area (Å²) in [6.07, 6.45) is -4.34. The average molecular weight is 780 g/mol. The number of carboxylic acid groups (broad SMARTS) is 1. The Kier molecular flexibility index (Phi) is 12.6.